The first-order chi connectivity index (χ1) is 12.6. The van der Waals surface area contributed by atoms with Crippen molar-refractivity contribution >= 4 is 17.7 Å². The van der Waals surface area contributed by atoms with Crippen molar-refractivity contribution in [1.82, 2.24) is 20.5 Å². The number of nitrogens with zero attached hydrogens (tertiary/aromatic N) is 2. The Balaban J connectivity index is 1.48. The summed E-state index contributed by atoms with van der Waals surface area (Å²) in [6.07, 6.45) is 6.69. The number of fused-ring (bicyclic) bond motifs is 1. The molecule has 0 radical (unpaired) electrons. The van der Waals surface area contributed by atoms with Gasteiger partial charge in [-0.15, -0.1) is 0 Å². The first kappa shape index (κ1) is 17.1. The number of rotatable bonds is 4. The molecule has 1 atom stereocenters. The standard InChI is InChI=1S/C19H24N4O3/c24-17-4-3-16(18(25)22-17)23-11-14-13(19(23)26)7-10-21-15(14)2-1-12-5-8-20-9-6-12/h7,10,12,16,20H,1-6,8-9,11H2,(H,22,24,25). The molecule has 4 heterocycles. The minimum Gasteiger partial charge on any atom is -0.322 e. The molecule has 4 rings (SSSR count). The third-order valence-electron chi connectivity index (χ3n) is 5.80. The van der Waals surface area contributed by atoms with Crippen LogP contribution in [0.4, 0.5) is 0 Å². The molecule has 2 saturated heterocycles. The Morgan fingerprint density at radius 1 is 1.15 bits per heavy atom. The highest BCUT2D eigenvalue weighted by atomic mass is 16.2. The van der Waals surface area contributed by atoms with Crippen molar-refractivity contribution < 1.29 is 14.4 Å². The quantitative estimate of drug-likeness (QED) is 0.778. The number of hydrogen-bond donors (Lipinski definition) is 2. The largest absolute Gasteiger partial charge is 0.322 e. The van der Waals surface area contributed by atoms with Crippen molar-refractivity contribution in [2.45, 2.75) is 51.1 Å². The maximum absolute atomic E-state index is 12.8. The van der Waals surface area contributed by atoms with Crippen molar-refractivity contribution in [2.24, 2.45) is 5.92 Å². The van der Waals surface area contributed by atoms with E-state index < -0.39 is 6.04 Å². The Morgan fingerprint density at radius 3 is 2.73 bits per heavy atom. The zero-order valence-electron chi connectivity index (χ0n) is 14.8. The van der Waals surface area contributed by atoms with Gasteiger partial charge >= 0.3 is 0 Å². The molecule has 3 aliphatic rings. The van der Waals surface area contributed by atoms with Crippen LogP contribution >= 0.6 is 0 Å². The van der Waals surface area contributed by atoms with Crippen LogP contribution in [0.1, 0.15) is 53.7 Å². The fourth-order valence-corrected chi connectivity index (χ4v) is 4.27. The van der Waals surface area contributed by atoms with Crippen molar-refractivity contribution in [2.75, 3.05) is 13.1 Å². The van der Waals surface area contributed by atoms with Crippen LogP contribution in [-0.4, -0.2) is 46.7 Å². The predicted molar refractivity (Wildman–Crippen MR) is 94.2 cm³/mol. The molecule has 0 saturated carbocycles. The highest BCUT2D eigenvalue weighted by molar-refractivity contribution is 6.05. The van der Waals surface area contributed by atoms with E-state index >= 15 is 0 Å². The molecule has 7 heteroatoms. The van der Waals surface area contributed by atoms with Crippen LogP contribution in [0.15, 0.2) is 12.3 Å². The summed E-state index contributed by atoms with van der Waals surface area (Å²) in [5, 5.41) is 5.72. The monoisotopic (exact) mass is 356 g/mol. The Bertz CT molecular complexity index is 742. The minimum absolute atomic E-state index is 0.125. The van der Waals surface area contributed by atoms with E-state index in [0.29, 0.717) is 24.4 Å². The molecule has 0 aliphatic carbocycles. The summed E-state index contributed by atoms with van der Waals surface area (Å²) in [5.41, 5.74) is 2.59. The summed E-state index contributed by atoms with van der Waals surface area (Å²) < 4.78 is 0. The zero-order valence-corrected chi connectivity index (χ0v) is 14.8. The van der Waals surface area contributed by atoms with Gasteiger partial charge in [0.25, 0.3) is 5.91 Å². The Hall–Kier alpha value is -2.28. The van der Waals surface area contributed by atoms with E-state index in [1.165, 1.54) is 12.8 Å². The van der Waals surface area contributed by atoms with Gasteiger partial charge in [0.2, 0.25) is 11.8 Å². The number of amides is 3. The molecule has 2 N–H and O–H groups in total. The molecule has 26 heavy (non-hydrogen) atoms. The smallest absolute Gasteiger partial charge is 0.255 e. The average Bonchev–Trinajstić information content (AvgIpc) is 2.98. The van der Waals surface area contributed by atoms with E-state index in [-0.39, 0.29) is 24.1 Å². The highest BCUT2D eigenvalue weighted by Crippen LogP contribution is 2.30. The van der Waals surface area contributed by atoms with E-state index in [1.807, 2.05) is 0 Å². The Labute approximate surface area is 152 Å². The molecule has 3 amide bonds. The summed E-state index contributed by atoms with van der Waals surface area (Å²) in [6, 6.07) is 1.18. The number of piperidine rings is 2. The summed E-state index contributed by atoms with van der Waals surface area (Å²) in [4.78, 5) is 42.5. The third-order valence-corrected chi connectivity index (χ3v) is 5.80. The van der Waals surface area contributed by atoms with Crippen molar-refractivity contribution in [1.29, 1.82) is 0 Å². The van der Waals surface area contributed by atoms with E-state index in [0.717, 1.165) is 37.2 Å². The van der Waals surface area contributed by atoms with Gasteiger partial charge in [-0.2, -0.15) is 0 Å². The summed E-state index contributed by atoms with van der Waals surface area (Å²) in [6.45, 7) is 2.56. The van der Waals surface area contributed by atoms with Crippen LogP contribution in [0, 0.1) is 5.92 Å². The molecule has 0 bridgehead atoms. The SMILES string of the molecule is O=C1CCC(N2Cc3c(ccnc3CCC3CCNCC3)C2=O)C(=O)N1. The van der Waals surface area contributed by atoms with Crippen molar-refractivity contribution in [3.63, 3.8) is 0 Å². The van der Waals surface area contributed by atoms with Crippen molar-refractivity contribution in [3.05, 3.63) is 29.1 Å². The van der Waals surface area contributed by atoms with E-state index in [4.69, 9.17) is 0 Å². The number of carbonyl (C=O) groups is 3. The van der Waals surface area contributed by atoms with Crippen LogP contribution in [0.2, 0.25) is 0 Å². The molecule has 0 spiro atoms. The summed E-state index contributed by atoms with van der Waals surface area (Å²) in [5.74, 6) is -0.0522. The molecular formula is C19H24N4O3. The Morgan fingerprint density at radius 2 is 1.96 bits per heavy atom. The average molecular weight is 356 g/mol. The number of carbonyl (C=O) groups excluding carboxylic acids is 3. The lowest BCUT2D eigenvalue weighted by molar-refractivity contribution is -0.136. The van der Waals surface area contributed by atoms with Crippen LogP contribution in [0.25, 0.3) is 0 Å². The molecule has 1 unspecified atom stereocenters. The molecular weight excluding hydrogens is 332 g/mol. The van der Waals surface area contributed by atoms with Crippen LogP contribution in [0.5, 0.6) is 0 Å². The van der Waals surface area contributed by atoms with Crippen LogP contribution < -0.4 is 10.6 Å². The topological polar surface area (TPSA) is 91.4 Å². The first-order valence-electron chi connectivity index (χ1n) is 9.45. The first-order valence-corrected chi connectivity index (χ1v) is 9.45. The fraction of sp³-hybridized carbons (Fsp3) is 0.579. The number of pyridine rings is 1. The van der Waals surface area contributed by atoms with Gasteiger partial charge in [0.15, 0.2) is 0 Å². The molecule has 2 fully saturated rings. The third kappa shape index (κ3) is 3.23. The maximum Gasteiger partial charge on any atom is 0.255 e. The lowest BCUT2D eigenvalue weighted by Crippen LogP contribution is -2.52. The van der Waals surface area contributed by atoms with E-state index in [9.17, 15) is 14.4 Å². The number of hydrogen-bond acceptors (Lipinski definition) is 5. The molecule has 1 aromatic heterocycles. The van der Waals surface area contributed by atoms with Gasteiger partial charge in [0.05, 0.1) is 0 Å². The van der Waals surface area contributed by atoms with Crippen molar-refractivity contribution in [3.8, 4) is 0 Å². The predicted octanol–water partition coefficient (Wildman–Crippen LogP) is 0.775. The normalized spacial score (nSPS) is 23.9. The Kier molecular flexibility index (Phi) is 4.72. The minimum atomic E-state index is -0.565. The molecule has 3 aliphatic heterocycles. The van der Waals surface area contributed by atoms with Gasteiger partial charge in [0, 0.05) is 36.0 Å². The highest BCUT2D eigenvalue weighted by Gasteiger charge is 2.40. The van der Waals surface area contributed by atoms with E-state index in [2.05, 4.69) is 15.6 Å². The number of imide groups is 1. The van der Waals surface area contributed by atoms with E-state index in [1.54, 1.807) is 17.2 Å². The lowest BCUT2D eigenvalue weighted by atomic mass is 9.91. The number of nitrogens with one attached hydrogen (secondary N) is 2. The second kappa shape index (κ2) is 7.15. The maximum atomic E-state index is 12.8. The molecule has 0 aromatic carbocycles. The number of aromatic nitrogens is 1. The molecule has 1 aromatic rings. The fourth-order valence-electron chi connectivity index (χ4n) is 4.27. The van der Waals surface area contributed by atoms with Gasteiger partial charge < -0.3 is 10.2 Å². The second-order valence-electron chi connectivity index (χ2n) is 7.42. The lowest BCUT2D eigenvalue weighted by Gasteiger charge is -2.29. The van der Waals surface area contributed by atoms with Crippen LogP contribution in [0.3, 0.4) is 0 Å². The van der Waals surface area contributed by atoms with Gasteiger partial charge in [-0.3, -0.25) is 24.7 Å². The second-order valence-corrected chi connectivity index (χ2v) is 7.42. The zero-order chi connectivity index (χ0) is 18.1. The van der Waals surface area contributed by atoms with Crippen LogP contribution in [-0.2, 0) is 22.6 Å². The summed E-state index contributed by atoms with van der Waals surface area (Å²) in [7, 11) is 0. The van der Waals surface area contributed by atoms with Gasteiger partial charge in [0.1, 0.15) is 6.04 Å². The molecule has 138 valence electrons. The van der Waals surface area contributed by atoms with Gasteiger partial charge in [-0.1, -0.05) is 0 Å². The molecule has 7 nitrogen and oxygen atoms in total. The number of aryl methyl sites for hydroxylation is 1. The van der Waals surface area contributed by atoms with Gasteiger partial charge in [-0.05, 0) is 57.2 Å². The summed E-state index contributed by atoms with van der Waals surface area (Å²) >= 11 is 0. The van der Waals surface area contributed by atoms with Gasteiger partial charge in [-0.25, -0.2) is 0 Å².